The Morgan fingerprint density at radius 3 is 2.50 bits per heavy atom. The van der Waals surface area contributed by atoms with E-state index in [9.17, 15) is 6.63 Å². The van der Waals surface area contributed by atoms with Gasteiger partial charge in [-0.25, -0.2) is 4.68 Å². The molecule has 1 aliphatic heterocycles. The first kappa shape index (κ1) is 27.5. The van der Waals surface area contributed by atoms with Crippen molar-refractivity contribution in [1.29, 1.82) is 5.26 Å². The molecule has 0 bridgehead atoms. The van der Waals surface area contributed by atoms with E-state index in [1.54, 1.807) is 24.4 Å². The Labute approximate surface area is 258 Å². The number of piperidine rings is 1. The van der Waals surface area contributed by atoms with Crippen molar-refractivity contribution in [3.63, 3.8) is 0 Å². The molecule has 42 heavy (non-hydrogen) atoms. The maximum absolute atomic E-state index is 9.87. The second kappa shape index (κ2) is 11.7. The maximum Gasteiger partial charge on any atom is 0.109 e. The molecule has 6 rings (SSSR count). The van der Waals surface area contributed by atoms with Gasteiger partial charge in [-0.1, -0.05) is 61.3 Å². The molecule has 2 fully saturated rings. The third-order valence-electron chi connectivity index (χ3n) is 7.95. The fourth-order valence-electron chi connectivity index (χ4n) is 5.53. The van der Waals surface area contributed by atoms with Crippen molar-refractivity contribution >= 4 is 45.5 Å². The monoisotopic (exact) mass is 603 g/mol. The quantitative estimate of drug-likeness (QED) is 0.216. The van der Waals surface area contributed by atoms with Gasteiger partial charge in [0.15, 0.2) is 0 Å². The van der Waals surface area contributed by atoms with Crippen LogP contribution in [0.2, 0.25) is 10.0 Å². The summed E-state index contributed by atoms with van der Waals surface area (Å²) in [6.45, 7) is 9.14. The molecule has 218 valence electrons. The number of benzene rings is 2. The fourth-order valence-corrected chi connectivity index (χ4v) is 5.92. The van der Waals surface area contributed by atoms with E-state index < -0.39 is 6.02 Å². The van der Waals surface area contributed by atoms with Crippen LogP contribution in [-0.4, -0.2) is 50.6 Å². The first-order valence-electron chi connectivity index (χ1n) is 15.0. The van der Waals surface area contributed by atoms with Crippen molar-refractivity contribution in [2.75, 3.05) is 30.3 Å². The van der Waals surface area contributed by atoms with Crippen LogP contribution in [0, 0.1) is 16.7 Å². The molecule has 1 aliphatic carbocycles. The maximum atomic E-state index is 9.87. The Morgan fingerprint density at radius 2 is 1.83 bits per heavy atom. The molecule has 0 amide bonds. The minimum atomic E-state index is -1.51. The minimum Gasteiger partial charge on any atom is -0.383 e. The summed E-state index contributed by atoms with van der Waals surface area (Å²) < 4.78 is 11.7. The zero-order valence-electron chi connectivity index (χ0n) is 25.2. The van der Waals surface area contributed by atoms with E-state index >= 15 is 0 Å². The smallest absolute Gasteiger partial charge is 0.109 e. The molecular formula is C32H36Cl2N8. The van der Waals surface area contributed by atoms with Crippen molar-refractivity contribution in [1.82, 2.24) is 24.9 Å². The van der Waals surface area contributed by atoms with E-state index in [2.05, 4.69) is 57.7 Å². The van der Waals surface area contributed by atoms with Gasteiger partial charge in [0.25, 0.3) is 0 Å². The second-order valence-corrected chi connectivity index (χ2v) is 13.4. The van der Waals surface area contributed by atoms with Crippen LogP contribution >= 0.6 is 23.2 Å². The Kier molecular flexibility index (Phi) is 7.66. The highest BCUT2D eigenvalue weighted by Crippen LogP contribution is 2.37. The van der Waals surface area contributed by atoms with Crippen LogP contribution in [-0.2, 0) is 0 Å². The second-order valence-electron chi connectivity index (χ2n) is 12.5. The van der Waals surface area contributed by atoms with Crippen LogP contribution in [0.25, 0.3) is 10.9 Å². The lowest BCUT2D eigenvalue weighted by Gasteiger charge is -2.31. The standard InChI is InChI=1S/C32H36Cl2N8/c1-32(2,3)19-37-29-21(16-35)17-36-31-26(29)14-23(15-27(31)34)38-30(20-4-6-22(33)7-5-20)28-18-42(40-39-28)25-10-12-41(13-11-25)24-8-9-24/h4-7,14-15,17-18,24-25,30,38H,8-13,19H2,1-3H3,(H,36,37)/i30D. The molecule has 1 saturated carbocycles. The molecule has 2 N–H and O–H groups in total. The first-order chi connectivity index (χ1) is 20.5. The first-order valence-corrected chi connectivity index (χ1v) is 15.3. The molecule has 1 saturated heterocycles. The number of nitrogens with zero attached hydrogens (tertiary/aromatic N) is 6. The normalized spacial score (nSPS) is 18.3. The summed E-state index contributed by atoms with van der Waals surface area (Å²) in [6.07, 6.45) is 8.08. The molecule has 3 heterocycles. The summed E-state index contributed by atoms with van der Waals surface area (Å²) in [7, 11) is 0. The molecule has 1 unspecified atom stereocenters. The van der Waals surface area contributed by atoms with Crippen LogP contribution in [0.15, 0.2) is 48.8 Å². The molecule has 8 nitrogen and oxygen atoms in total. The molecule has 2 aliphatic rings. The number of aromatic nitrogens is 4. The molecule has 10 heteroatoms. The molecule has 1 atom stereocenters. The summed E-state index contributed by atoms with van der Waals surface area (Å²) in [5.41, 5.74) is 3.35. The van der Waals surface area contributed by atoms with Crippen molar-refractivity contribution < 1.29 is 1.37 Å². The van der Waals surface area contributed by atoms with Crippen molar-refractivity contribution in [2.24, 2.45) is 5.41 Å². The number of anilines is 2. The Bertz CT molecular complexity index is 1660. The highest BCUT2D eigenvalue weighted by atomic mass is 35.5. The summed E-state index contributed by atoms with van der Waals surface area (Å²) in [5, 5.41) is 27.4. The van der Waals surface area contributed by atoms with Gasteiger partial charge in [-0.3, -0.25) is 4.98 Å². The van der Waals surface area contributed by atoms with Crippen LogP contribution in [0.1, 0.15) is 76.7 Å². The fraction of sp³-hybridized carbons (Fsp3) is 0.438. The third-order valence-corrected chi connectivity index (χ3v) is 8.49. The Morgan fingerprint density at radius 1 is 1.10 bits per heavy atom. The number of nitriles is 1. The summed E-state index contributed by atoms with van der Waals surface area (Å²) >= 11 is 13.0. The lowest BCUT2D eigenvalue weighted by molar-refractivity contribution is 0.171. The molecule has 0 radical (unpaired) electrons. The van der Waals surface area contributed by atoms with E-state index in [-0.39, 0.29) is 11.5 Å². The van der Waals surface area contributed by atoms with Crippen molar-refractivity contribution in [2.45, 2.75) is 64.6 Å². The van der Waals surface area contributed by atoms with Gasteiger partial charge in [-0.2, -0.15) is 5.26 Å². The van der Waals surface area contributed by atoms with Gasteiger partial charge in [-0.15, -0.1) is 5.10 Å². The zero-order valence-corrected chi connectivity index (χ0v) is 25.7. The number of hydrogen-bond acceptors (Lipinski definition) is 7. The van der Waals surface area contributed by atoms with Gasteiger partial charge in [0.1, 0.15) is 11.8 Å². The topological polar surface area (TPSA) is 94.7 Å². The van der Waals surface area contributed by atoms with Gasteiger partial charge >= 0.3 is 0 Å². The van der Waals surface area contributed by atoms with Crippen LogP contribution in [0.3, 0.4) is 0 Å². The summed E-state index contributed by atoms with van der Waals surface area (Å²) in [5.74, 6) is 0. The van der Waals surface area contributed by atoms with Gasteiger partial charge in [-0.05, 0) is 60.9 Å². The van der Waals surface area contributed by atoms with Gasteiger partial charge in [0.2, 0.25) is 0 Å². The number of hydrogen-bond donors (Lipinski definition) is 2. The van der Waals surface area contributed by atoms with E-state index in [0.29, 0.717) is 55.7 Å². The average Bonchev–Trinajstić information content (AvgIpc) is 3.71. The molecule has 2 aromatic carbocycles. The van der Waals surface area contributed by atoms with Crippen LogP contribution < -0.4 is 10.6 Å². The number of fused-ring (bicyclic) bond motifs is 1. The molecule has 2 aromatic heterocycles. The Hall–Kier alpha value is -3.38. The van der Waals surface area contributed by atoms with Crippen LogP contribution in [0.4, 0.5) is 11.4 Å². The predicted octanol–water partition coefficient (Wildman–Crippen LogP) is 7.46. The third kappa shape index (κ3) is 6.34. The molecular weight excluding hydrogens is 567 g/mol. The predicted molar refractivity (Wildman–Crippen MR) is 169 cm³/mol. The summed E-state index contributed by atoms with van der Waals surface area (Å²) in [4.78, 5) is 7.06. The number of pyridine rings is 1. The number of rotatable bonds is 8. The molecule has 0 spiro atoms. The van der Waals surface area contributed by atoms with E-state index in [1.807, 2.05) is 29.1 Å². The van der Waals surface area contributed by atoms with Gasteiger partial charge in [0.05, 0.1) is 41.4 Å². The number of halogens is 2. The highest BCUT2D eigenvalue weighted by Gasteiger charge is 2.33. The van der Waals surface area contributed by atoms with E-state index in [0.717, 1.165) is 32.0 Å². The average molecular weight is 605 g/mol. The largest absolute Gasteiger partial charge is 0.383 e. The Balaban J connectivity index is 1.37. The van der Waals surface area contributed by atoms with Gasteiger partial charge < -0.3 is 15.5 Å². The highest BCUT2D eigenvalue weighted by molar-refractivity contribution is 6.36. The lowest BCUT2D eigenvalue weighted by atomic mass is 9.96. The minimum absolute atomic E-state index is 0.0206. The zero-order chi connectivity index (χ0) is 30.4. The SMILES string of the molecule is [2H]C(Nc1cc(Cl)c2ncc(C#N)c(NCC(C)(C)C)c2c1)(c1ccc(Cl)cc1)c1cn(C2CCN(C3CC3)CC2)nn1. The van der Waals surface area contributed by atoms with Crippen molar-refractivity contribution in [3.8, 4) is 6.07 Å². The van der Waals surface area contributed by atoms with E-state index in [1.165, 1.54) is 12.8 Å². The number of nitrogens with one attached hydrogen (secondary N) is 2. The number of likely N-dealkylation sites (tertiary alicyclic amines) is 1. The van der Waals surface area contributed by atoms with Crippen LogP contribution in [0.5, 0.6) is 0 Å². The van der Waals surface area contributed by atoms with E-state index in [4.69, 9.17) is 23.2 Å². The van der Waals surface area contributed by atoms with Crippen molar-refractivity contribution in [3.05, 3.63) is 75.7 Å². The molecule has 4 aromatic rings. The lowest BCUT2D eigenvalue weighted by Crippen LogP contribution is -2.36. The van der Waals surface area contributed by atoms with Gasteiger partial charge in [0, 0.05) is 48.0 Å². The summed E-state index contributed by atoms with van der Waals surface area (Å²) in [6, 6.07) is 12.6.